The molecule has 0 saturated carbocycles. The highest BCUT2D eigenvalue weighted by Crippen LogP contribution is 2.33. The number of aromatic amines is 2. The Kier molecular flexibility index (Phi) is 3.81. The van der Waals surface area contributed by atoms with Crippen molar-refractivity contribution in [2.45, 2.75) is 0 Å². The van der Waals surface area contributed by atoms with Crippen LogP contribution in [0.2, 0.25) is 0 Å². The van der Waals surface area contributed by atoms with Gasteiger partial charge in [0.05, 0.1) is 40.8 Å². The first-order valence-corrected chi connectivity index (χ1v) is 9.72. The molecule has 0 amide bonds. The number of phenols is 1. The van der Waals surface area contributed by atoms with Crippen LogP contribution in [0.25, 0.3) is 55.8 Å². The number of hydrogen-bond acceptors (Lipinski definition) is 6. The van der Waals surface area contributed by atoms with Crippen molar-refractivity contribution < 1.29 is 9.50 Å². The van der Waals surface area contributed by atoms with Crippen molar-refractivity contribution in [2.75, 3.05) is 0 Å². The maximum absolute atomic E-state index is 13.9. The monoisotopic (exact) mass is 426 g/mol. The first-order chi connectivity index (χ1) is 15.5. The van der Waals surface area contributed by atoms with Crippen molar-refractivity contribution in [3.05, 3.63) is 61.1 Å². The second-order valence-corrected chi connectivity index (χ2v) is 7.46. The van der Waals surface area contributed by atoms with Crippen LogP contribution in [-0.4, -0.2) is 45.0 Å². The van der Waals surface area contributed by atoms with Crippen molar-refractivity contribution in [2.24, 2.45) is 7.05 Å². The van der Waals surface area contributed by atoms with E-state index in [2.05, 4.69) is 30.2 Å². The van der Waals surface area contributed by atoms with Crippen LogP contribution in [-0.2, 0) is 7.05 Å². The normalized spacial score (nSPS) is 11.6. The number of nitrogens with zero attached hydrogens (tertiary/aromatic N) is 6. The highest BCUT2D eigenvalue weighted by Gasteiger charge is 2.17. The maximum atomic E-state index is 13.9. The molecule has 156 valence electrons. The van der Waals surface area contributed by atoms with E-state index in [1.807, 2.05) is 19.3 Å². The fraction of sp³-hybridized carbons (Fsp3) is 0.0455. The van der Waals surface area contributed by atoms with E-state index in [1.165, 1.54) is 12.1 Å². The quantitative estimate of drug-likeness (QED) is 0.396. The molecule has 0 atom stereocenters. The second kappa shape index (κ2) is 6.71. The lowest BCUT2D eigenvalue weighted by Gasteiger charge is -2.03. The van der Waals surface area contributed by atoms with Gasteiger partial charge in [-0.15, -0.1) is 0 Å². The Morgan fingerprint density at radius 2 is 1.91 bits per heavy atom. The topological polar surface area (TPSA) is 121 Å². The molecule has 0 saturated heterocycles. The van der Waals surface area contributed by atoms with E-state index in [1.54, 1.807) is 29.5 Å². The number of hydrogen-bond donors (Lipinski definition) is 3. The van der Waals surface area contributed by atoms with Crippen LogP contribution in [0.4, 0.5) is 4.39 Å². The van der Waals surface area contributed by atoms with Crippen molar-refractivity contribution in [3.8, 4) is 39.7 Å². The van der Waals surface area contributed by atoms with Gasteiger partial charge in [-0.25, -0.2) is 9.37 Å². The highest BCUT2D eigenvalue weighted by atomic mass is 19.1. The third-order valence-electron chi connectivity index (χ3n) is 5.26. The minimum Gasteiger partial charge on any atom is -0.508 e. The van der Waals surface area contributed by atoms with Gasteiger partial charge in [-0.1, -0.05) is 0 Å². The van der Waals surface area contributed by atoms with E-state index in [4.69, 9.17) is 4.98 Å². The van der Waals surface area contributed by atoms with Crippen molar-refractivity contribution >= 4 is 21.9 Å². The van der Waals surface area contributed by atoms with Gasteiger partial charge in [-0.3, -0.25) is 19.7 Å². The number of benzene rings is 1. The molecule has 6 rings (SSSR count). The summed E-state index contributed by atoms with van der Waals surface area (Å²) in [6, 6.07) is 5.79. The molecule has 0 aliphatic carbocycles. The molecule has 9 nitrogen and oxygen atoms in total. The van der Waals surface area contributed by atoms with Gasteiger partial charge in [0.2, 0.25) is 0 Å². The molecule has 0 aliphatic rings. The fourth-order valence-corrected chi connectivity index (χ4v) is 3.79. The van der Waals surface area contributed by atoms with Gasteiger partial charge in [-0.05, 0) is 23.8 Å². The SMILES string of the molecule is Cn1cc(-c2cc3c(-c4nc5c(-c6cc(O)cc(F)c6)cncc5[nH]4)n[nH]c3cn2)cn1. The molecule has 3 N–H and O–H groups in total. The van der Waals surface area contributed by atoms with Crippen molar-refractivity contribution in [1.82, 2.24) is 39.9 Å². The number of phenolic OH excluding ortho intramolecular Hbond substituents is 1. The zero-order valence-electron chi connectivity index (χ0n) is 16.7. The Morgan fingerprint density at radius 1 is 1.00 bits per heavy atom. The van der Waals surface area contributed by atoms with Crippen molar-refractivity contribution in [3.63, 3.8) is 0 Å². The molecule has 5 aromatic heterocycles. The second-order valence-electron chi connectivity index (χ2n) is 7.46. The molecule has 10 heteroatoms. The molecule has 1 aromatic carbocycles. The van der Waals surface area contributed by atoms with E-state index < -0.39 is 5.82 Å². The summed E-state index contributed by atoms with van der Waals surface area (Å²) in [5.74, 6) is -0.174. The largest absolute Gasteiger partial charge is 0.508 e. The summed E-state index contributed by atoms with van der Waals surface area (Å²) in [4.78, 5) is 16.7. The Morgan fingerprint density at radius 3 is 2.72 bits per heavy atom. The van der Waals surface area contributed by atoms with E-state index in [9.17, 15) is 9.50 Å². The first-order valence-electron chi connectivity index (χ1n) is 9.72. The molecule has 0 radical (unpaired) electrons. The van der Waals surface area contributed by atoms with Crippen LogP contribution in [0.5, 0.6) is 5.75 Å². The zero-order chi connectivity index (χ0) is 21.8. The third kappa shape index (κ3) is 2.88. The molecule has 32 heavy (non-hydrogen) atoms. The lowest BCUT2D eigenvalue weighted by atomic mass is 10.1. The number of nitrogens with one attached hydrogen (secondary N) is 2. The molecule has 5 heterocycles. The number of halogens is 1. The van der Waals surface area contributed by atoms with E-state index in [0.29, 0.717) is 33.7 Å². The summed E-state index contributed by atoms with van der Waals surface area (Å²) in [5.41, 5.74) is 5.38. The van der Waals surface area contributed by atoms with Crippen LogP contribution in [0.15, 0.2) is 55.2 Å². The molecular formula is C22H15FN8O. The standard InChI is InChI=1S/C22H15FN8O/c1-31-10-12(6-26-31)17-5-15-18(9-25-17)29-30-21(15)22-27-19-8-24-7-16(20(19)28-22)11-2-13(23)4-14(32)3-11/h2-10,32H,1H3,(H,27,28)(H,29,30). The van der Waals surface area contributed by atoms with Crippen LogP contribution >= 0.6 is 0 Å². The molecule has 0 unspecified atom stereocenters. The van der Waals surface area contributed by atoms with Gasteiger partial charge < -0.3 is 10.1 Å². The average Bonchev–Trinajstić information content (AvgIpc) is 3.49. The fourth-order valence-electron chi connectivity index (χ4n) is 3.79. The van der Waals surface area contributed by atoms with Gasteiger partial charge in [0.25, 0.3) is 0 Å². The summed E-state index contributed by atoms with van der Waals surface area (Å²) in [7, 11) is 1.85. The van der Waals surface area contributed by atoms with Crippen LogP contribution in [0.3, 0.4) is 0 Å². The Balaban J connectivity index is 1.51. The minimum atomic E-state index is -0.540. The summed E-state index contributed by atoms with van der Waals surface area (Å²) in [5, 5.41) is 22.3. The Labute approximate surface area is 179 Å². The number of aryl methyl sites for hydroxylation is 1. The van der Waals surface area contributed by atoms with Gasteiger partial charge in [-0.2, -0.15) is 10.2 Å². The highest BCUT2D eigenvalue weighted by molar-refractivity contribution is 5.97. The first kappa shape index (κ1) is 18.2. The number of rotatable bonds is 3. The van der Waals surface area contributed by atoms with Gasteiger partial charge in [0, 0.05) is 42.0 Å². The zero-order valence-corrected chi connectivity index (χ0v) is 16.7. The molecular weight excluding hydrogens is 411 g/mol. The van der Waals surface area contributed by atoms with E-state index in [0.717, 1.165) is 28.2 Å². The summed E-state index contributed by atoms with van der Waals surface area (Å²) >= 11 is 0. The number of H-pyrrole nitrogens is 2. The number of imidazole rings is 1. The van der Waals surface area contributed by atoms with E-state index in [-0.39, 0.29) is 5.75 Å². The van der Waals surface area contributed by atoms with Crippen LogP contribution in [0, 0.1) is 5.82 Å². The molecule has 0 bridgehead atoms. The van der Waals surface area contributed by atoms with Crippen LogP contribution in [0.1, 0.15) is 0 Å². The summed E-state index contributed by atoms with van der Waals surface area (Å²) < 4.78 is 15.6. The smallest absolute Gasteiger partial charge is 0.159 e. The molecule has 0 fully saturated rings. The minimum absolute atomic E-state index is 0.165. The molecule has 0 spiro atoms. The average molecular weight is 426 g/mol. The number of fused-ring (bicyclic) bond motifs is 2. The van der Waals surface area contributed by atoms with Gasteiger partial charge >= 0.3 is 0 Å². The van der Waals surface area contributed by atoms with Gasteiger partial charge in [0.1, 0.15) is 17.3 Å². The maximum Gasteiger partial charge on any atom is 0.159 e. The Hall–Kier alpha value is -4.60. The molecule has 0 aliphatic heterocycles. The van der Waals surface area contributed by atoms with Crippen LogP contribution < -0.4 is 0 Å². The third-order valence-corrected chi connectivity index (χ3v) is 5.26. The lowest BCUT2D eigenvalue weighted by Crippen LogP contribution is -1.86. The van der Waals surface area contributed by atoms with Gasteiger partial charge in [0.15, 0.2) is 5.82 Å². The number of aromatic hydroxyl groups is 1. The lowest BCUT2D eigenvalue weighted by molar-refractivity contribution is 0.469. The van der Waals surface area contributed by atoms with E-state index >= 15 is 0 Å². The summed E-state index contributed by atoms with van der Waals surface area (Å²) in [6.45, 7) is 0. The number of pyridine rings is 2. The predicted molar refractivity (Wildman–Crippen MR) is 116 cm³/mol. The summed E-state index contributed by atoms with van der Waals surface area (Å²) in [6.07, 6.45) is 8.60. The Bertz CT molecular complexity index is 1610. The van der Waals surface area contributed by atoms with Crippen molar-refractivity contribution in [1.29, 1.82) is 0 Å². The number of aromatic nitrogens is 8. The predicted octanol–water partition coefficient (Wildman–Crippen LogP) is 3.81. The molecule has 6 aromatic rings.